The topological polar surface area (TPSA) is 70.2 Å². The van der Waals surface area contributed by atoms with E-state index < -0.39 is 30.8 Å². The summed E-state index contributed by atoms with van der Waals surface area (Å²) in [6.45, 7) is 2.28. The summed E-state index contributed by atoms with van der Waals surface area (Å²) in [6, 6.07) is 6.00. The standard InChI is InChI=1S/C16H21F2N3O2.ClH/c1-2-6-19-14(22)12-5-3-4-11(7-12)9-20-15(23)13-8-16(17,18)10-21-13;/h3-5,7,13,21H,2,6,8-10H2,1H3,(H,19,22)(H,20,23);1H. The minimum absolute atomic E-state index is 0. The van der Waals surface area contributed by atoms with E-state index in [2.05, 4.69) is 16.0 Å². The van der Waals surface area contributed by atoms with Gasteiger partial charge in [-0.2, -0.15) is 0 Å². The number of alkyl halides is 2. The second kappa shape index (κ2) is 8.94. The van der Waals surface area contributed by atoms with Crippen molar-refractivity contribution in [1.29, 1.82) is 0 Å². The van der Waals surface area contributed by atoms with Gasteiger partial charge >= 0.3 is 0 Å². The van der Waals surface area contributed by atoms with Crippen LogP contribution in [-0.2, 0) is 11.3 Å². The van der Waals surface area contributed by atoms with Gasteiger partial charge in [0.2, 0.25) is 5.91 Å². The molecule has 1 atom stereocenters. The minimum Gasteiger partial charge on any atom is -0.352 e. The maximum atomic E-state index is 13.1. The van der Waals surface area contributed by atoms with Gasteiger partial charge in [-0.25, -0.2) is 8.78 Å². The fraction of sp³-hybridized carbons (Fsp3) is 0.500. The lowest BCUT2D eigenvalue weighted by Crippen LogP contribution is -2.40. The van der Waals surface area contributed by atoms with Crippen LogP contribution in [0.1, 0.15) is 35.7 Å². The van der Waals surface area contributed by atoms with Gasteiger partial charge in [0.05, 0.1) is 12.6 Å². The highest BCUT2D eigenvalue weighted by atomic mass is 35.5. The normalized spacial score (nSPS) is 18.5. The first-order valence-electron chi connectivity index (χ1n) is 7.67. The van der Waals surface area contributed by atoms with E-state index in [1.54, 1.807) is 24.3 Å². The first-order chi connectivity index (χ1) is 10.9. The summed E-state index contributed by atoms with van der Waals surface area (Å²) in [5, 5.41) is 7.91. The first-order valence-corrected chi connectivity index (χ1v) is 7.67. The highest BCUT2D eigenvalue weighted by Gasteiger charge is 2.42. The average Bonchev–Trinajstić information content (AvgIpc) is 2.90. The third-order valence-corrected chi connectivity index (χ3v) is 3.62. The number of halogens is 3. The zero-order valence-electron chi connectivity index (χ0n) is 13.4. The van der Waals surface area contributed by atoms with E-state index in [1.165, 1.54) is 0 Å². The summed E-state index contributed by atoms with van der Waals surface area (Å²) in [4.78, 5) is 23.8. The van der Waals surface area contributed by atoms with Crippen LogP contribution in [0.5, 0.6) is 0 Å². The maximum absolute atomic E-state index is 13.1. The quantitative estimate of drug-likeness (QED) is 0.724. The van der Waals surface area contributed by atoms with Gasteiger partial charge in [-0.1, -0.05) is 19.1 Å². The Balaban J connectivity index is 0.00000288. The lowest BCUT2D eigenvalue weighted by molar-refractivity contribution is -0.123. The van der Waals surface area contributed by atoms with Gasteiger partial charge in [0, 0.05) is 25.1 Å². The van der Waals surface area contributed by atoms with Crippen molar-refractivity contribution in [2.45, 2.75) is 38.3 Å². The Hall–Kier alpha value is -1.73. The molecule has 1 saturated heterocycles. The van der Waals surface area contributed by atoms with E-state index >= 15 is 0 Å². The lowest BCUT2D eigenvalue weighted by atomic mass is 10.1. The number of hydrogen-bond donors (Lipinski definition) is 3. The summed E-state index contributed by atoms with van der Waals surface area (Å²) >= 11 is 0. The van der Waals surface area contributed by atoms with E-state index in [4.69, 9.17) is 0 Å². The molecule has 1 unspecified atom stereocenters. The van der Waals surface area contributed by atoms with Gasteiger partial charge in [-0.15, -0.1) is 12.4 Å². The molecule has 2 amide bonds. The van der Waals surface area contributed by atoms with Gasteiger partial charge in [0.1, 0.15) is 0 Å². The highest BCUT2D eigenvalue weighted by Crippen LogP contribution is 2.25. The number of carbonyl (C=O) groups excluding carboxylic acids is 2. The molecule has 0 aromatic heterocycles. The minimum atomic E-state index is -2.83. The number of amides is 2. The van der Waals surface area contributed by atoms with E-state index in [1.807, 2.05) is 6.92 Å². The third kappa shape index (κ3) is 5.72. The molecule has 5 nitrogen and oxygen atoms in total. The molecule has 1 aromatic carbocycles. The molecule has 8 heteroatoms. The van der Waals surface area contributed by atoms with E-state index in [9.17, 15) is 18.4 Å². The Morgan fingerprint density at radius 1 is 1.33 bits per heavy atom. The molecular weight excluding hydrogens is 340 g/mol. The molecule has 0 bridgehead atoms. The van der Waals surface area contributed by atoms with Gasteiger partial charge in [0.15, 0.2) is 0 Å². The van der Waals surface area contributed by atoms with Crippen LogP contribution >= 0.6 is 12.4 Å². The molecule has 1 heterocycles. The van der Waals surface area contributed by atoms with Gasteiger partial charge in [-0.3, -0.25) is 14.9 Å². The van der Waals surface area contributed by atoms with Crippen LogP contribution in [0.25, 0.3) is 0 Å². The monoisotopic (exact) mass is 361 g/mol. The van der Waals surface area contributed by atoms with Gasteiger partial charge < -0.3 is 10.6 Å². The first kappa shape index (κ1) is 20.3. The third-order valence-electron chi connectivity index (χ3n) is 3.62. The molecule has 1 fully saturated rings. The Morgan fingerprint density at radius 3 is 2.71 bits per heavy atom. The van der Waals surface area contributed by atoms with Crippen molar-refractivity contribution in [2.75, 3.05) is 13.1 Å². The predicted molar refractivity (Wildman–Crippen MR) is 89.5 cm³/mol. The number of hydrogen-bond acceptors (Lipinski definition) is 3. The van der Waals surface area contributed by atoms with Crippen molar-refractivity contribution in [2.24, 2.45) is 0 Å². The fourth-order valence-corrected chi connectivity index (χ4v) is 2.38. The second-order valence-electron chi connectivity index (χ2n) is 5.67. The molecule has 0 aliphatic carbocycles. The molecule has 1 aromatic rings. The Bertz CT molecular complexity index is 584. The van der Waals surface area contributed by atoms with Crippen LogP contribution < -0.4 is 16.0 Å². The summed E-state index contributed by atoms with van der Waals surface area (Å²) in [6.07, 6.45) is 0.360. The lowest BCUT2D eigenvalue weighted by Gasteiger charge is -2.12. The van der Waals surface area contributed by atoms with Crippen LogP contribution in [0.2, 0.25) is 0 Å². The van der Waals surface area contributed by atoms with Crippen LogP contribution in [0.15, 0.2) is 24.3 Å². The summed E-state index contributed by atoms with van der Waals surface area (Å²) in [5.41, 5.74) is 1.25. The fourth-order valence-electron chi connectivity index (χ4n) is 2.38. The Kier molecular flexibility index (Phi) is 7.57. The van der Waals surface area contributed by atoms with Crippen molar-refractivity contribution in [3.8, 4) is 0 Å². The van der Waals surface area contributed by atoms with Crippen LogP contribution in [0.4, 0.5) is 8.78 Å². The van der Waals surface area contributed by atoms with Crippen molar-refractivity contribution >= 4 is 24.2 Å². The molecule has 1 aliphatic heterocycles. The molecule has 0 spiro atoms. The summed E-state index contributed by atoms with van der Waals surface area (Å²) in [7, 11) is 0. The van der Waals surface area contributed by atoms with Crippen molar-refractivity contribution in [3.05, 3.63) is 35.4 Å². The SMILES string of the molecule is CCCNC(=O)c1cccc(CNC(=O)C2CC(F)(F)CN2)c1.Cl. The van der Waals surface area contributed by atoms with Crippen LogP contribution in [-0.4, -0.2) is 36.9 Å². The second-order valence-corrected chi connectivity index (χ2v) is 5.67. The molecule has 24 heavy (non-hydrogen) atoms. The molecule has 1 aliphatic rings. The Labute approximate surface area is 146 Å². The summed E-state index contributed by atoms with van der Waals surface area (Å²) < 4.78 is 26.1. The zero-order chi connectivity index (χ0) is 16.9. The van der Waals surface area contributed by atoms with E-state index in [-0.39, 0.29) is 24.9 Å². The van der Waals surface area contributed by atoms with Gasteiger partial charge in [-0.05, 0) is 24.1 Å². The van der Waals surface area contributed by atoms with Crippen LogP contribution in [0, 0.1) is 0 Å². The molecular formula is C16H22ClF2N3O2. The molecule has 134 valence electrons. The average molecular weight is 362 g/mol. The smallest absolute Gasteiger partial charge is 0.262 e. The highest BCUT2D eigenvalue weighted by molar-refractivity contribution is 5.94. The number of rotatable bonds is 6. The van der Waals surface area contributed by atoms with Crippen molar-refractivity contribution in [3.63, 3.8) is 0 Å². The summed E-state index contributed by atoms with van der Waals surface area (Å²) in [5.74, 6) is -3.46. The Morgan fingerprint density at radius 2 is 2.08 bits per heavy atom. The molecule has 0 radical (unpaired) electrons. The number of carbonyl (C=O) groups is 2. The largest absolute Gasteiger partial charge is 0.352 e. The van der Waals surface area contributed by atoms with Crippen molar-refractivity contribution in [1.82, 2.24) is 16.0 Å². The number of nitrogens with one attached hydrogen (secondary N) is 3. The molecule has 2 rings (SSSR count). The predicted octanol–water partition coefficient (Wildman–Crippen LogP) is 1.86. The van der Waals surface area contributed by atoms with Gasteiger partial charge in [0.25, 0.3) is 11.8 Å². The maximum Gasteiger partial charge on any atom is 0.262 e. The molecule has 0 saturated carbocycles. The number of benzene rings is 1. The van der Waals surface area contributed by atoms with Crippen LogP contribution in [0.3, 0.4) is 0 Å². The van der Waals surface area contributed by atoms with E-state index in [0.717, 1.165) is 12.0 Å². The van der Waals surface area contributed by atoms with E-state index in [0.29, 0.717) is 12.1 Å². The molecule has 3 N–H and O–H groups in total. The van der Waals surface area contributed by atoms with Crippen molar-refractivity contribution < 1.29 is 18.4 Å². The zero-order valence-corrected chi connectivity index (χ0v) is 14.2.